The molecule has 2 nitrogen and oxygen atoms in total. The van der Waals surface area contributed by atoms with Crippen LogP contribution in [0.3, 0.4) is 0 Å². The SMILES string of the molecule is [CH2]c1cscc1C[SH](=O)=O. The van der Waals surface area contributed by atoms with E-state index in [4.69, 9.17) is 0 Å². The van der Waals surface area contributed by atoms with E-state index in [1.807, 2.05) is 10.8 Å². The van der Waals surface area contributed by atoms with E-state index in [0.717, 1.165) is 11.1 Å². The molecular formula is C6H7O2S2. The summed E-state index contributed by atoms with van der Waals surface area (Å²) in [5.41, 5.74) is 1.64. The van der Waals surface area contributed by atoms with Crippen LogP contribution in [0.25, 0.3) is 0 Å². The molecule has 0 saturated carbocycles. The highest BCUT2D eigenvalue weighted by atomic mass is 32.2. The fraction of sp³-hybridized carbons (Fsp3) is 0.167. The van der Waals surface area contributed by atoms with E-state index < -0.39 is 10.7 Å². The van der Waals surface area contributed by atoms with Crippen LogP contribution in [-0.2, 0) is 16.5 Å². The molecule has 55 valence electrons. The monoisotopic (exact) mass is 175 g/mol. The minimum absolute atomic E-state index is 0.123. The molecule has 0 bridgehead atoms. The van der Waals surface area contributed by atoms with E-state index in [1.54, 1.807) is 0 Å². The molecule has 0 atom stereocenters. The van der Waals surface area contributed by atoms with Gasteiger partial charge in [0.25, 0.3) is 0 Å². The van der Waals surface area contributed by atoms with Gasteiger partial charge in [-0.15, -0.1) is 0 Å². The van der Waals surface area contributed by atoms with E-state index in [-0.39, 0.29) is 5.75 Å². The Hall–Kier alpha value is -0.350. The van der Waals surface area contributed by atoms with Crippen LogP contribution in [0.15, 0.2) is 10.8 Å². The van der Waals surface area contributed by atoms with E-state index >= 15 is 0 Å². The van der Waals surface area contributed by atoms with Crippen molar-refractivity contribution in [3.63, 3.8) is 0 Å². The summed E-state index contributed by atoms with van der Waals surface area (Å²) in [6.45, 7) is 3.68. The zero-order valence-corrected chi connectivity index (χ0v) is 6.95. The highest BCUT2D eigenvalue weighted by Gasteiger charge is 1.98. The normalized spacial score (nSPS) is 10.6. The molecule has 0 saturated heterocycles. The summed E-state index contributed by atoms with van der Waals surface area (Å²) in [6, 6.07) is 0. The molecule has 0 unspecified atom stereocenters. The Labute approximate surface area is 65.5 Å². The molecule has 1 aromatic heterocycles. The topological polar surface area (TPSA) is 34.1 Å². The van der Waals surface area contributed by atoms with Crippen molar-refractivity contribution in [1.29, 1.82) is 0 Å². The van der Waals surface area contributed by atoms with Crippen molar-refractivity contribution in [1.82, 2.24) is 0 Å². The minimum atomic E-state index is -2.30. The summed E-state index contributed by atoms with van der Waals surface area (Å²) in [5, 5.41) is 3.65. The third-order valence-corrected chi connectivity index (χ3v) is 2.57. The van der Waals surface area contributed by atoms with Crippen molar-refractivity contribution in [3.8, 4) is 0 Å². The van der Waals surface area contributed by atoms with Crippen LogP contribution in [0.5, 0.6) is 0 Å². The van der Waals surface area contributed by atoms with Crippen LogP contribution in [0.1, 0.15) is 11.1 Å². The van der Waals surface area contributed by atoms with E-state index in [0.29, 0.717) is 0 Å². The van der Waals surface area contributed by atoms with Crippen molar-refractivity contribution < 1.29 is 8.42 Å². The quantitative estimate of drug-likeness (QED) is 0.681. The highest BCUT2D eigenvalue weighted by molar-refractivity contribution is 7.71. The standard InChI is InChI=1S/C6H7O2S2/c1-5-2-9-3-6(5)4-10(7)8/h2-3,10H,1,4H2. The first-order valence-electron chi connectivity index (χ1n) is 2.69. The van der Waals surface area contributed by atoms with Crippen molar-refractivity contribution in [2.24, 2.45) is 0 Å². The summed E-state index contributed by atoms with van der Waals surface area (Å²) in [5.74, 6) is 0.123. The summed E-state index contributed by atoms with van der Waals surface area (Å²) in [4.78, 5) is 0. The van der Waals surface area contributed by atoms with Gasteiger partial charge in [0.2, 0.25) is 0 Å². The maximum Gasteiger partial charge on any atom is 0.144 e. The third-order valence-electron chi connectivity index (χ3n) is 1.13. The molecule has 10 heavy (non-hydrogen) atoms. The first-order chi connectivity index (χ1) is 4.70. The molecule has 1 radical (unpaired) electrons. The lowest BCUT2D eigenvalue weighted by atomic mass is 10.2. The van der Waals surface area contributed by atoms with E-state index in [2.05, 4.69) is 6.92 Å². The maximum atomic E-state index is 10.2. The van der Waals surface area contributed by atoms with Crippen molar-refractivity contribution >= 4 is 22.0 Å². The van der Waals surface area contributed by atoms with Gasteiger partial charge >= 0.3 is 0 Å². The molecule has 0 aromatic carbocycles. The Bertz CT molecular complexity index is 278. The third kappa shape index (κ3) is 1.82. The molecule has 0 aliphatic heterocycles. The van der Waals surface area contributed by atoms with Gasteiger partial charge in [-0.3, -0.25) is 0 Å². The highest BCUT2D eigenvalue weighted by Crippen LogP contribution is 2.13. The fourth-order valence-electron chi connectivity index (χ4n) is 0.628. The Kier molecular flexibility index (Phi) is 2.45. The van der Waals surface area contributed by atoms with Crippen LogP contribution in [0.2, 0.25) is 0 Å². The van der Waals surface area contributed by atoms with Crippen LogP contribution >= 0.6 is 11.3 Å². The summed E-state index contributed by atoms with van der Waals surface area (Å²) >= 11 is 1.48. The summed E-state index contributed by atoms with van der Waals surface area (Å²) in [7, 11) is -2.30. The Morgan fingerprint density at radius 2 is 2.20 bits per heavy atom. The van der Waals surface area contributed by atoms with Crippen LogP contribution < -0.4 is 0 Å². The minimum Gasteiger partial charge on any atom is -0.232 e. The Balaban J connectivity index is 2.84. The average molecular weight is 175 g/mol. The van der Waals surface area contributed by atoms with Gasteiger partial charge in [-0.05, 0) is 28.8 Å². The molecule has 0 spiro atoms. The Morgan fingerprint density at radius 3 is 2.60 bits per heavy atom. The molecule has 4 heteroatoms. The largest absolute Gasteiger partial charge is 0.232 e. The first-order valence-corrected chi connectivity index (χ1v) is 4.99. The molecule has 1 aromatic rings. The lowest BCUT2D eigenvalue weighted by Crippen LogP contribution is -1.84. The molecule has 1 rings (SSSR count). The van der Waals surface area contributed by atoms with Gasteiger partial charge in [0.15, 0.2) is 0 Å². The lowest BCUT2D eigenvalue weighted by Gasteiger charge is -1.88. The van der Waals surface area contributed by atoms with Crippen molar-refractivity contribution in [3.05, 3.63) is 28.8 Å². The van der Waals surface area contributed by atoms with Gasteiger partial charge in [-0.25, -0.2) is 8.42 Å². The number of hydrogen-bond acceptors (Lipinski definition) is 3. The lowest BCUT2D eigenvalue weighted by molar-refractivity contribution is 0.614. The van der Waals surface area contributed by atoms with E-state index in [1.165, 1.54) is 11.3 Å². The van der Waals surface area contributed by atoms with Gasteiger partial charge in [-0.2, -0.15) is 11.3 Å². The second-order valence-corrected chi connectivity index (χ2v) is 3.64. The summed E-state index contributed by atoms with van der Waals surface area (Å²) < 4.78 is 20.5. The van der Waals surface area contributed by atoms with Crippen LogP contribution in [0.4, 0.5) is 0 Å². The molecule has 0 N–H and O–H groups in total. The van der Waals surface area contributed by atoms with Crippen LogP contribution in [-0.4, -0.2) is 8.42 Å². The fourth-order valence-corrected chi connectivity index (χ4v) is 2.11. The number of rotatable bonds is 2. The summed E-state index contributed by atoms with van der Waals surface area (Å²) in [6.07, 6.45) is 0. The van der Waals surface area contributed by atoms with Gasteiger partial charge in [-0.1, -0.05) is 0 Å². The molecule has 0 amide bonds. The first kappa shape index (κ1) is 7.75. The van der Waals surface area contributed by atoms with Gasteiger partial charge in [0.05, 0.1) is 5.75 Å². The van der Waals surface area contributed by atoms with Gasteiger partial charge in [0, 0.05) is 0 Å². The van der Waals surface area contributed by atoms with Gasteiger partial charge in [0.1, 0.15) is 10.7 Å². The smallest absolute Gasteiger partial charge is 0.144 e. The molecule has 0 aliphatic carbocycles. The average Bonchev–Trinajstić information content (AvgIpc) is 2.15. The molecule has 0 fully saturated rings. The number of hydrogen-bond donors (Lipinski definition) is 1. The van der Waals surface area contributed by atoms with Crippen molar-refractivity contribution in [2.45, 2.75) is 5.75 Å². The maximum absolute atomic E-state index is 10.2. The number of thiophene rings is 1. The second kappa shape index (κ2) is 3.16. The number of thiol groups is 1. The molecule has 0 aliphatic rings. The second-order valence-electron chi connectivity index (χ2n) is 1.91. The molecular weight excluding hydrogens is 168 g/mol. The van der Waals surface area contributed by atoms with Crippen molar-refractivity contribution in [2.75, 3.05) is 0 Å². The predicted molar refractivity (Wildman–Crippen MR) is 42.8 cm³/mol. The van der Waals surface area contributed by atoms with E-state index in [9.17, 15) is 8.42 Å². The van der Waals surface area contributed by atoms with Crippen LogP contribution in [0, 0.1) is 6.92 Å². The molecule has 1 heterocycles. The Morgan fingerprint density at radius 1 is 1.50 bits per heavy atom. The zero-order valence-electron chi connectivity index (χ0n) is 5.24. The zero-order chi connectivity index (χ0) is 7.56. The predicted octanol–water partition coefficient (Wildman–Crippen LogP) is 1.04. The van der Waals surface area contributed by atoms with Gasteiger partial charge < -0.3 is 0 Å².